The molecule has 2 aromatic rings. The molecule has 0 aliphatic heterocycles. The second kappa shape index (κ2) is 3.21. The molecule has 2 aromatic heterocycles. The highest BCUT2D eigenvalue weighted by Gasteiger charge is 2.01. The van der Waals surface area contributed by atoms with Crippen molar-refractivity contribution in [1.29, 1.82) is 0 Å². The van der Waals surface area contributed by atoms with E-state index in [4.69, 9.17) is 4.42 Å². The van der Waals surface area contributed by atoms with Crippen LogP contribution < -0.4 is 5.32 Å². The number of hydrogen-bond acceptors (Lipinski definition) is 6. The fraction of sp³-hybridized carbons (Fsp3) is 0.333. The van der Waals surface area contributed by atoms with Gasteiger partial charge < -0.3 is 9.73 Å². The highest BCUT2D eigenvalue weighted by Crippen LogP contribution is 2.01. The lowest BCUT2D eigenvalue weighted by atomic mass is 10.5. The SMILES string of the molecule is Cn1nncc1CNc1nnco1. The van der Waals surface area contributed by atoms with Gasteiger partial charge in [-0.05, 0) is 0 Å². The molecule has 0 aliphatic carbocycles. The van der Waals surface area contributed by atoms with Crippen LogP contribution >= 0.6 is 0 Å². The van der Waals surface area contributed by atoms with Crippen molar-refractivity contribution in [3.8, 4) is 0 Å². The molecule has 0 spiro atoms. The number of anilines is 1. The van der Waals surface area contributed by atoms with Crippen molar-refractivity contribution in [2.45, 2.75) is 6.54 Å². The molecule has 0 bridgehead atoms. The van der Waals surface area contributed by atoms with Crippen LogP contribution in [0.15, 0.2) is 17.0 Å². The molecule has 13 heavy (non-hydrogen) atoms. The maximum Gasteiger partial charge on any atom is 0.315 e. The van der Waals surface area contributed by atoms with Gasteiger partial charge in [0.05, 0.1) is 18.4 Å². The van der Waals surface area contributed by atoms with Crippen molar-refractivity contribution in [1.82, 2.24) is 25.2 Å². The van der Waals surface area contributed by atoms with Gasteiger partial charge in [-0.25, -0.2) is 0 Å². The first-order valence-electron chi connectivity index (χ1n) is 3.70. The van der Waals surface area contributed by atoms with Gasteiger partial charge >= 0.3 is 6.01 Å². The standard InChI is InChI=1S/C6H8N6O/c1-12-5(3-8-11-12)2-7-6-10-9-4-13-6/h3-4H,2H2,1H3,(H,7,10). The van der Waals surface area contributed by atoms with Crippen LogP contribution in [-0.2, 0) is 13.6 Å². The minimum Gasteiger partial charge on any atom is -0.411 e. The van der Waals surface area contributed by atoms with Crippen LogP contribution in [0.1, 0.15) is 5.69 Å². The largest absolute Gasteiger partial charge is 0.411 e. The first kappa shape index (κ1) is 7.71. The van der Waals surface area contributed by atoms with E-state index >= 15 is 0 Å². The fourth-order valence-corrected chi connectivity index (χ4v) is 0.887. The minimum absolute atomic E-state index is 0.390. The fourth-order valence-electron chi connectivity index (χ4n) is 0.887. The van der Waals surface area contributed by atoms with E-state index in [1.54, 1.807) is 10.9 Å². The molecule has 68 valence electrons. The average molecular weight is 180 g/mol. The molecule has 1 N–H and O–H groups in total. The topological polar surface area (TPSA) is 81.7 Å². The van der Waals surface area contributed by atoms with Crippen LogP contribution in [0.5, 0.6) is 0 Å². The van der Waals surface area contributed by atoms with Crippen LogP contribution in [-0.4, -0.2) is 25.2 Å². The highest BCUT2D eigenvalue weighted by molar-refractivity contribution is 5.17. The van der Waals surface area contributed by atoms with Crippen LogP contribution in [0.2, 0.25) is 0 Å². The maximum atomic E-state index is 4.89. The molecule has 2 heterocycles. The molecule has 0 atom stereocenters. The Morgan fingerprint density at radius 2 is 2.46 bits per heavy atom. The first-order chi connectivity index (χ1) is 6.36. The van der Waals surface area contributed by atoms with Crippen molar-refractivity contribution >= 4 is 6.01 Å². The Hall–Kier alpha value is -1.92. The molecule has 0 aromatic carbocycles. The number of nitrogens with zero attached hydrogens (tertiary/aromatic N) is 5. The number of nitrogens with one attached hydrogen (secondary N) is 1. The Labute approximate surface area is 73.8 Å². The summed E-state index contributed by atoms with van der Waals surface area (Å²) in [7, 11) is 1.82. The zero-order chi connectivity index (χ0) is 9.10. The number of aromatic nitrogens is 5. The molecule has 0 radical (unpaired) electrons. The number of rotatable bonds is 3. The molecular weight excluding hydrogens is 172 g/mol. The van der Waals surface area contributed by atoms with Crippen molar-refractivity contribution in [2.24, 2.45) is 7.05 Å². The first-order valence-corrected chi connectivity index (χ1v) is 3.70. The van der Waals surface area contributed by atoms with E-state index in [0.717, 1.165) is 5.69 Å². The Morgan fingerprint density at radius 1 is 1.54 bits per heavy atom. The smallest absolute Gasteiger partial charge is 0.315 e. The van der Waals surface area contributed by atoms with Gasteiger partial charge in [0.15, 0.2) is 0 Å². The third-order valence-electron chi connectivity index (χ3n) is 1.59. The van der Waals surface area contributed by atoms with Crippen LogP contribution in [0.3, 0.4) is 0 Å². The quantitative estimate of drug-likeness (QED) is 0.705. The monoisotopic (exact) mass is 180 g/mol. The van der Waals surface area contributed by atoms with Gasteiger partial charge in [-0.3, -0.25) is 4.68 Å². The number of hydrogen-bond donors (Lipinski definition) is 1. The summed E-state index contributed by atoms with van der Waals surface area (Å²) < 4.78 is 6.56. The van der Waals surface area contributed by atoms with Crippen molar-refractivity contribution in [3.05, 3.63) is 18.3 Å². The summed E-state index contributed by atoms with van der Waals surface area (Å²) in [5.74, 6) is 0. The summed E-state index contributed by atoms with van der Waals surface area (Å²) in [6, 6.07) is 0.390. The van der Waals surface area contributed by atoms with E-state index in [9.17, 15) is 0 Å². The molecule has 0 saturated carbocycles. The average Bonchev–Trinajstić information content (AvgIpc) is 2.72. The molecule has 0 aliphatic rings. The predicted molar refractivity (Wildman–Crippen MR) is 42.6 cm³/mol. The maximum absolute atomic E-state index is 4.89. The van der Waals surface area contributed by atoms with Crippen LogP contribution in [0, 0.1) is 0 Å². The summed E-state index contributed by atoms with van der Waals surface area (Å²) in [4.78, 5) is 0. The Morgan fingerprint density at radius 3 is 3.08 bits per heavy atom. The molecule has 0 fully saturated rings. The highest BCUT2D eigenvalue weighted by atomic mass is 16.4. The van der Waals surface area contributed by atoms with E-state index < -0.39 is 0 Å². The zero-order valence-electron chi connectivity index (χ0n) is 7.01. The lowest BCUT2D eigenvalue weighted by molar-refractivity contribution is 0.563. The van der Waals surface area contributed by atoms with Gasteiger partial charge in [0.25, 0.3) is 0 Å². The van der Waals surface area contributed by atoms with E-state index in [-0.39, 0.29) is 0 Å². The van der Waals surface area contributed by atoms with Gasteiger partial charge in [0.1, 0.15) is 0 Å². The van der Waals surface area contributed by atoms with Crippen molar-refractivity contribution in [3.63, 3.8) is 0 Å². The van der Waals surface area contributed by atoms with E-state index in [0.29, 0.717) is 12.6 Å². The summed E-state index contributed by atoms with van der Waals surface area (Å²) in [5, 5.41) is 17.6. The second-order valence-electron chi connectivity index (χ2n) is 2.45. The van der Waals surface area contributed by atoms with Gasteiger partial charge in [0, 0.05) is 7.05 Å². The van der Waals surface area contributed by atoms with Crippen LogP contribution in [0.25, 0.3) is 0 Å². The summed E-state index contributed by atoms with van der Waals surface area (Å²) >= 11 is 0. The molecule has 7 nitrogen and oxygen atoms in total. The molecule has 7 heteroatoms. The second-order valence-corrected chi connectivity index (χ2v) is 2.45. The van der Waals surface area contributed by atoms with E-state index in [1.807, 2.05) is 7.05 Å². The van der Waals surface area contributed by atoms with Crippen LogP contribution in [0.4, 0.5) is 6.01 Å². The normalized spacial score (nSPS) is 10.2. The van der Waals surface area contributed by atoms with Gasteiger partial charge in [-0.1, -0.05) is 10.3 Å². The Balaban J connectivity index is 1.97. The van der Waals surface area contributed by atoms with E-state index in [2.05, 4.69) is 25.8 Å². The summed E-state index contributed by atoms with van der Waals surface area (Å²) in [6.45, 7) is 0.561. The summed E-state index contributed by atoms with van der Waals surface area (Å²) in [5.41, 5.74) is 0.943. The summed E-state index contributed by atoms with van der Waals surface area (Å²) in [6.07, 6.45) is 2.94. The molecule has 2 rings (SSSR count). The molecule has 0 saturated heterocycles. The van der Waals surface area contributed by atoms with E-state index in [1.165, 1.54) is 6.39 Å². The Bertz CT molecular complexity index is 366. The number of aryl methyl sites for hydroxylation is 1. The van der Waals surface area contributed by atoms with Crippen molar-refractivity contribution in [2.75, 3.05) is 5.32 Å². The zero-order valence-corrected chi connectivity index (χ0v) is 7.01. The third kappa shape index (κ3) is 1.63. The van der Waals surface area contributed by atoms with Crippen molar-refractivity contribution < 1.29 is 4.42 Å². The third-order valence-corrected chi connectivity index (χ3v) is 1.59. The predicted octanol–water partition coefficient (Wildman–Crippen LogP) is -0.190. The molecule has 0 amide bonds. The van der Waals surface area contributed by atoms with Gasteiger partial charge in [-0.2, -0.15) is 0 Å². The van der Waals surface area contributed by atoms with Gasteiger partial charge in [-0.15, -0.1) is 10.2 Å². The molecular formula is C6H8N6O. The Kier molecular flexibility index (Phi) is 1.91. The lowest BCUT2D eigenvalue weighted by Gasteiger charge is -1.99. The molecule has 0 unspecified atom stereocenters. The minimum atomic E-state index is 0.390. The lowest BCUT2D eigenvalue weighted by Crippen LogP contribution is -2.05. The van der Waals surface area contributed by atoms with Gasteiger partial charge in [0.2, 0.25) is 6.39 Å².